The van der Waals surface area contributed by atoms with Crippen LogP contribution in [-0.2, 0) is 17.8 Å². The molecule has 5 rings (SSSR count). The molecule has 0 fully saturated rings. The minimum atomic E-state index is -0.168. The van der Waals surface area contributed by atoms with E-state index in [1.807, 2.05) is 54.6 Å². The van der Waals surface area contributed by atoms with Crippen LogP contribution in [0.4, 0.5) is 5.82 Å². The summed E-state index contributed by atoms with van der Waals surface area (Å²) in [5.41, 5.74) is 10.3. The molecule has 32 heavy (non-hydrogen) atoms. The standard InChI is InChI=1S/C25H23N5O2/c1-2-21(31)29-17-10-13-20-22(23-24(26)27-15-28-25(23)30(20)14-17)16-8-11-19(12-9-16)32-18-6-4-3-5-7-18/h2-9,11-12,15,17H,1,10,13-14H2,(H,29,31)(H2,26,27,28)/t17-/m0/s1. The van der Waals surface area contributed by atoms with Crippen LogP contribution in [0.1, 0.15) is 12.1 Å². The number of rotatable bonds is 5. The fraction of sp³-hybridized carbons (Fsp3) is 0.160. The molecule has 0 radical (unpaired) electrons. The maximum Gasteiger partial charge on any atom is 0.243 e. The van der Waals surface area contributed by atoms with Crippen molar-refractivity contribution in [2.75, 3.05) is 5.73 Å². The van der Waals surface area contributed by atoms with Crippen LogP contribution in [-0.4, -0.2) is 26.5 Å². The van der Waals surface area contributed by atoms with Crippen molar-refractivity contribution in [3.8, 4) is 22.6 Å². The zero-order valence-corrected chi connectivity index (χ0v) is 17.5. The molecule has 0 aliphatic carbocycles. The van der Waals surface area contributed by atoms with E-state index >= 15 is 0 Å². The number of nitrogens with zero attached hydrogens (tertiary/aromatic N) is 3. The molecule has 160 valence electrons. The number of hydrogen-bond donors (Lipinski definition) is 2. The fourth-order valence-electron chi connectivity index (χ4n) is 4.32. The van der Waals surface area contributed by atoms with Crippen molar-refractivity contribution in [2.45, 2.75) is 25.4 Å². The van der Waals surface area contributed by atoms with Crippen LogP contribution < -0.4 is 15.8 Å². The van der Waals surface area contributed by atoms with Crippen molar-refractivity contribution in [3.63, 3.8) is 0 Å². The van der Waals surface area contributed by atoms with Gasteiger partial charge in [-0.2, -0.15) is 0 Å². The van der Waals surface area contributed by atoms with Crippen molar-refractivity contribution in [1.29, 1.82) is 0 Å². The monoisotopic (exact) mass is 425 g/mol. The Hall–Kier alpha value is -4.13. The number of amides is 1. The highest BCUT2D eigenvalue weighted by molar-refractivity contribution is 6.02. The molecule has 1 atom stereocenters. The molecule has 0 saturated carbocycles. The maximum atomic E-state index is 11.8. The summed E-state index contributed by atoms with van der Waals surface area (Å²) in [5.74, 6) is 1.83. The van der Waals surface area contributed by atoms with Crippen molar-refractivity contribution >= 4 is 22.8 Å². The quantitative estimate of drug-likeness (QED) is 0.470. The van der Waals surface area contributed by atoms with Crippen molar-refractivity contribution in [2.24, 2.45) is 0 Å². The molecule has 0 unspecified atom stereocenters. The zero-order chi connectivity index (χ0) is 22.1. The molecule has 4 aromatic rings. The molecular formula is C25H23N5O2. The average molecular weight is 425 g/mol. The third-order valence-electron chi connectivity index (χ3n) is 5.76. The molecule has 0 saturated heterocycles. The summed E-state index contributed by atoms with van der Waals surface area (Å²) in [4.78, 5) is 20.6. The van der Waals surface area contributed by atoms with Gasteiger partial charge in [0.2, 0.25) is 5.91 Å². The van der Waals surface area contributed by atoms with Gasteiger partial charge in [-0.05, 0) is 48.7 Å². The van der Waals surface area contributed by atoms with E-state index in [0.29, 0.717) is 12.4 Å². The molecule has 1 aliphatic rings. The highest BCUT2D eigenvalue weighted by atomic mass is 16.5. The van der Waals surface area contributed by atoms with E-state index in [-0.39, 0.29) is 11.9 Å². The van der Waals surface area contributed by atoms with E-state index in [0.717, 1.165) is 52.2 Å². The number of fused-ring (bicyclic) bond motifs is 3. The van der Waals surface area contributed by atoms with Crippen LogP contribution in [0, 0.1) is 0 Å². The molecule has 0 bridgehead atoms. The molecule has 1 amide bonds. The van der Waals surface area contributed by atoms with Gasteiger partial charge in [-0.25, -0.2) is 9.97 Å². The normalized spacial score (nSPS) is 15.2. The van der Waals surface area contributed by atoms with Crippen molar-refractivity contribution < 1.29 is 9.53 Å². The van der Waals surface area contributed by atoms with Gasteiger partial charge < -0.3 is 20.4 Å². The van der Waals surface area contributed by atoms with Crippen molar-refractivity contribution in [3.05, 3.63) is 79.3 Å². The first-order valence-corrected chi connectivity index (χ1v) is 10.5. The van der Waals surface area contributed by atoms with Gasteiger partial charge in [-0.1, -0.05) is 36.9 Å². The summed E-state index contributed by atoms with van der Waals surface area (Å²) in [5, 5.41) is 3.84. The van der Waals surface area contributed by atoms with Gasteiger partial charge in [0.05, 0.1) is 5.39 Å². The second kappa shape index (κ2) is 8.19. The van der Waals surface area contributed by atoms with E-state index in [9.17, 15) is 4.79 Å². The maximum absolute atomic E-state index is 11.8. The molecule has 7 nitrogen and oxygen atoms in total. The largest absolute Gasteiger partial charge is 0.457 e. The Bertz CT molecular complexity index is 1300. The molecule has 3 heterocycles. The van der Waals surface area contributed by atoms with Gasteiger partial charge in [0, 0.05) is 23.8 Å². The Morgan fingerprint density at radius 2 is 1.88 bits per heavy atom. The van der Waals surface area contributed by atoms with Crippen LogP contribution >= 0.6 is 0 Å². The molecule has 1 aliphatic heterocycles. The highest BCUT2D eigenvalue weighted by Crippen LogP contribution is 2.39. The van der Waals surface area contributed by atoms with Gasteiger partial charge >= 0.3 is 0 Å². The van der Waals surface area contributed by atoms with Crippen molar-refractivity contribution in [1.82, 2.24) is 19.9 Å². The summed E-state index contributed by atoms with van der Waals surface area (Å²) in [7, 11) is 0. The molecule has 0 spiro atoms. The lowest BCUT2D eigenvalue weighted by Gasteiger charge is -2.26. The van der Waals surface area contributed by atoms with Gasteiger partial charge in [0.15, 0.2) is 0 Å². The van der Waals surface area contributed by atoms with E-state index in [4.69, 9.17) is 10.5 Å². The lowest BCUT2D eigenvalue weighted by Crippen LogP contribution is -2.40. The lowest BCUT2D eigenvalue weighted by atomic mass is 9.97. The van der Waals surface area contributed by atoms with E-state index < -0.39 is 0 Å². The Morgan fingerprint density at radius 1 is 1.12 bits per heavy atom. The Balaban J connectivity index is 1.53. The SMILES string of the molecule is C=CC(=O)N[C@H]1CCc2c(-c3ccc(Oc4ccccc4)cc3)c3c(N)ncnc3n2C1. The predicted molar refractivity (Wildman–Crippen MR) is 124 cm³/mol. The number of ether oxygens (including phenoxy) is 1. The number of nitrogens with one attached hydrogen (secondary N) is 1. The fourth-order valence-corrected chi connectivity index (χ4v) is 4.32. The lowest BCUT2D eigenvalue weighted by molar-refractivity contribution is -0.117. The number of carbonyl (C=O) groups is 1. The third-order valence-corrected chi connectivity index (χ3v) is 5.76. The number of carbonyl (C=O) groups excluding carboxylic acids is 1. The number of nitrogen functional groups attached to an aromatic ring is 1. The number of hydrogen-bond acceptors (Lipinski definition) is 5. The molecule has 7 heteroatoms. The first kappa shape index (κ1) is 19.8. The Morgan fingerprint density at radius 3 is 2.62 bits per heavy atom. The van der Waals surface area contributed by atoms with Gasteiger partial charge in [-0.3, -0.25) is 4.79 Å². The van der Waals surface area contributed by atoms with Gasteiger partial charge in [0.25, 0.3) is 0 Å². The van der Waals surface area contributed by atoms with Gasteiger partial charge in [-0.15, -0.1) is 0 Å². The van der Waals surface area contributed by atoms with Gasteiger partial charge in [0.1, 0.15) is 29.3 Å². The summed E-state index contributed by atoms with van der Waals surface area (Å²) in [6, 6.07) is 17.7. The Labute approximate surface area is 185 Å². The summed E-state index contributed by atoms with van der Waals surface area (Å²) in [6.07, 6.45) is 4.40. The number of benzene rings is 2. The van der Waals surface area contributed by atoms with E-state index in [1.165, 1.54) is 12.4 Å². The summed E-state index contributed by atoms with van der Waals surface area (Å²) >= 11 is 0. The van der Waals surface area contributed by atoms with E-state index in [2.05, 4.69) is 26.4 Å². The number of aromatic nitrogens is 3. The second-order valence-corrected chi connectivity index (χ2v) is 7.78. The number of nitrogens with two attached hydrogens (primary N) is 1. The molecule has 2 aromatic carbocycles. The number of para-hydroxylation sites is 1. The third kappa shape index (κ3) is 3.58. The molecular weight excluding hydrogens is 402 g/mol. The second-order valence-electron chi connectivity index (χ2n) is 7.78. The summed E-state index contributed by atoms with van der Waals surface area (Å²) < 4.78 is 8.08. The van der Waals surface area contributed by atoms with Crippen LogP contribution in [0.3, 0.4) is 0 Å². The Kier molecular flexibility index (Phi) is 5.07. The van der Waals surface area contributed by atoms with Crippen LogP contribution in [0.5, 0.6) is 11.5 Å². The highest BCUT2D eigenvalue weighted by Gasteiger charge is 2.28. The smallest absolute Gasteiger partial charge is 0.243 e. The van der Waals surface area contributed by atoms with Crippen LogP contribution in [0.25, 0.3) is 22.2 Å². The minimum Gasteiger partial charge on any atom is -0.457 e. The van der Waals surface area contributed by atoms with E-state index in [1.54, 1.807) is 0 Å². The zero-order valence-electron chi connectivity index (χ0n) is 17.5. The number of anilines is 1. The van der Waals surface area contributed by atoms with Crippen LogP contribution in [0.15, 0.2) is 73.6 Å². The predicted octanol–water partition coefficient (Wildman–Crippen LogP) is 4.09. The first-order chi connectivity index (χ1) is 15.6. The summed E-state index contributed by atoms with van der Waals surface area (Å²) in [6.45, 7) is 4.17. The topological polar surface area (TPSA) is 95.1 Å². The average Bonchev–Trinajstić information content (AvgIpc) is 3.15. The molecule has 2 aromatic heterocycles. The molecule has 3 N–H and O–H groups in total. The minimum absolute atomic E-state index is 0.00860. The van der Waals surface area contributed by atoms with Crippen LogP contribution in [0.2, 0.25) is 0 Å². The first-order valence-electron chi connectivity index (χ1n) is 10.5.